The summed E-state index contributed by atoms with van der Waals surface area (Å²) < 4.78 is 42.6. The number of ether oxygens (including phenoxy) is 3. The van der Waals surface area contributed by atoms with Gasteiger partial charge in [0, 0.05) is 19.2 Å². The van der Waals surface area contributed by atoms with Crippen molar-refractivity contribution in [2.24, 2.45) is 0 Å². The van der Waals surface area contributed by atoms with Gasteiger partial charge in [0.25, 0.3) is 0 Å². The van der Waals surface area contributed by atoms with Crippen molar-refractivity contribution in [1.82, 2.24) is 10.2 Å². The molecule has 1 atom stereocenters. The van der Waals surface area contributed by atoms with Crippen molar-refractivity contribution in [1.29, 1.82) is 0 Å². The first-order valence-electron chi connectivity index (χ1n) is 11.2. The molecule has 2 amide bonds. The zero-order chi connectivity index (χ0) is 25.6. The van der Waals surface area contributed by atoms with Crippen LogP contribution in [-0.2, 0) is 26.2 Å². The number of nitrogens with zero attached hydrogens (tertiary/aromatic N) is 2. The quantitative estimate of drug-likeness (QED) is 0.524. The molecule has 0 saturated heterocycles. The molecule has 35 heavy (non-hydrogen) atoms. The lowest BCUT2D eigenvalue weighted by Gasteiger charge is -2.31. The van der Waals surface area contributed by atoms with Crippen LogP contribution in [0.15, 0.2) is 42.5 Å². The van der Waals surface area contributed by atoms with Crippen LogP contribution in [0.3, 0.4) is 0 Å². The molecule has 1 N–H and O–H groups in total. The summed E-state index contributed by atoms with van der Waals surface area (Å²) in [7, 11) is -2.28. The van der Waals surface area contributed by atoms with Crippen LogP contribution in [0.4, 0.5) is 5.69 Å². The minimum Gasteiger partial charge on any atom is -0.497 e. The van der Waals surface area contributed by atoms with E-state index >= 15 is 0 Å². The molecule has 1 aliphatic heterocycles. The van der Waals surface area contributed by atoms with E-state index in [2.05, 4.69) is 5.32 Å². The Labute approximate surface area is 205 Å². The number of carbonyl (C=O) groups is 2. The maximum Gasteiger partial charge on any atom is 0.244 e. The minimum atomic E-state index is -3.84. The first kappa shape index (κ1) is 26.1. The standard InChI is InChI=1S/C24H31N3O7S/c1-5-25-24(29)17(2)26(15-18-6-9-20(32-3)10-7-18)23(28)16-27(35(4,30)31)19-8-11-21-22(14-19)34-13-12-33-21/h6-11,14,17H,5,12-13,15-16H2,1-4H3,(H,25,29). The number of anilines is 1. The van der Waals surface area contributed by atoms with Crippen LogP contribution in [-0.4, -0.2) is 70.8 Å². The Bertz CT molecular complexity index is 1150. The molecule has 0 aromatic heterocycles. The maximum absolute atomic E-state index is 13.5. The zero-order valence-electron chi connectivity index (χ0n) is 20.3. The Hall–Kier alpha value is -3.47. The molecule has 0 fully saturated rings. The van der Waals surface area contributed by atoms with Crippen molar-refractivity contribution >= 4 is 27.5 Å². The van der Waals surface area contributed by atoms with E-state index in [-0.39, 0.29) is 18.1 Å². The first-order valence-corrected chi connectivity index (χ1v) is 13.1. The van der Waals surface area contributed by atoms with Gasteiger partial charge in [-0.2, -0.15) is 0 Å². The third kappa shape index (κ3) is 6.56. The molecule has 1 aliphatic rings. The Balaban J connectivity index is 1.90. The third-order valence-electron chi connectivity index (χ3n) is 5.52. The van der Waals surface area contributed by atoms with Gasteiger partial charge in [-0.3, -0.25) is 13.9 Å². The van der Waals surface area contributed by atoms with Gasteiger partial charge in [0.2, 0.25) is 21.8 Å². The van der Waals surface area contributed by atoms with Crippen LogP contribution in [0.5, 0.6) is 17.2 Å². The minimum absolute atomic E-state index is 0.111. The van der Waals surface area contributed by atoms with Crippen LogP contribution in [0.2, 0.25) is 0 Å². The highest BCUT2D eigenvalue weighted by molar-refractivity contribution is 7.92. The number of rotatable bonds is 10. The lowest BCUT2D eigenvalue weighted by molar-refractivity contribution is -0.139. The maximum atomic E-state index is 13.5. The highest BCUT2D eigenvalue weighted by atomic mass is 32.2. The van der Waals surface area contributed by atoms with E-state index in [1.54, 1.807) is 57.4 Å². The molecule has 10 nitrogen and oxygen atoms in total. The highest BCUT2D eigenvalue weighted by Gasteiger charge is 2.30. The smallest absolute Gasteiger partial charge is 0.244 e. The van der Waals surface area contributed by atoms with E-state index < -0.39 is 28.5 Å². The summed E-state index contributed by atoms with van der Waals surface area (Å²) in [5, 5.41) is 2.72. The molecule has 0 aliphatic carbocycles. The molecule has 0 radical (unpaired) electrons. The van der Waals surface area contributed by atoms with E-state index in [9.17, 15) is 18.0 Å². The van der Waals surface area contributed by atoms with Gasteiger partial charge >= 0.3 is 0 Å². The monoisotopic (exact) mass is 505 g/mol. The number of methoxy groups -OCH3 is 1. The van der Waals surface area contributed by atoms with Crippen LogP contribution in [0.1, 0.15) is 19.4 Å². The van der Waals surface area contributed by atoms with E-state index in [0.29, 0.717) is 37.0 Å². The summed E-state index contributed by atoms with van der Waals surface area (Å²) in [6.45, 7) is 4.17. The van der Waals surface area contributed by atoms with E-state index in [1.807, 2.05) is 0 Å². The average Bonchev–Trinajstić information content (AvgIpc) is 2.84. The molecule has 1 unspecified atom stereocenters. The molecule has 0 saturated carbocycles. The highest BCUT2D eigenvalue weighted by Crippen LogP contribution is 2.34. The lowest BCUT2D eigenvalue weighted by Crippen LogP contribution is -2.51. The third-order valence-corrected chi connectivity index (χ3v) is 6.66. The second kappa shape index (κ2) is 11.3. The summed E-state index contributed by atoms with van der Waals surface area (Å²) in [6, 6.07) is 11.0. The summed E-state index contributed by atoms with van der Waals surface area (Å²) in [6.07, 6.45) is 1.03. The number of nitrogens with one attached hydrogen (secondary N) is 1. The number of fused-ring (bicyclic) bond motifs is 1. The van der Waals surface area contributed by atoms with Crippen molar-refractivity contribution in [2.45, 2.75) is 26.4 Å². The number of carbonyl (C=O) groups excluding carboxylic acids is 2. The number of hydrogen-bond donors (Lipinski definition) is 1. The topological polar surface area (TPSA) is 114 Å². The van der Waals surface area contributed by atoms with Gasteiger partial charge in [-0.05, 0) is 43.7 Å². The average molecular weight is 506 g/mol. The summed E-state index contributed by atoms with van der Waals surface area (Å²) in [5.41, 5.74) is 1.03. The normalized spacial score (nSPS) is 13.5. The van der Waals surface area contributed by atoms with E-state index in [1.165, 1.54) is 11.0 Å². The fourth-order valence-electron chi connectivity index (χ4n) is 3.63. The zero-order valence-corrected chi connectivity index (χ0v) is 21.1. The van der Waals surface area contributed by atoms with E-state index in [0.717, 1.165) is 16.1 Å². The van der Waals surface area contributed by atoms with Gasteiger partial charge in [0.1, 0.15) is 31.5 Å². The molecular formula is C24H31N3O7S. The van der Waals surface area contributed by atoms with E-state index in [4.69, 9.17) is 14.2 Å². The van der Waals surface area contributed by atoms with Gasteiger partial charge in [-0.1, -0.05) is 12.1 Å². The number of benzene rings is 2. The van der Waals surface area contributed by atoms with Gasteiger partial charge < -0.3 is 24.4 Å². The molecule has 3 rings (SSSR count). The molecule has 0 spiro atoms. The molecule has 2 aromatic rings. The number of sulfonamides is 1. The Kier molecular flexibility index (Phi) is 8.44. The molecule has 11 heteroatoms. The van der Waals surface area contributed by atoms with Gasteiger partial charge in [-0.25, -0.2) is 8.42 Å². The van der Waals surface area contributed by atoms with Crippen LogP contribution in [0, 0.1) is 0 Å². The summed E-state index contributed by atoms with van der Waals surface area (Å²) in [4.78, 5) is 27.5. The predicted molar refractivity (Wildman–Crippen MR) is 131 cm³/mol. The molecule has 1 heterocycles. The molecule has 190 valence electrons. The second-order valence-electron chi connectivity index (χ2n) is 8.04. The Morgan fingerprint density at radius 1 is 1.09 bits per heavy atom. The van der Waals surface area contributed by atoms with Crippen LogP contribution in [0.25, 0.3) is 0 Å². The molecule has 2 aromatic carbocycles. The first-order chi connectivity index (χ1) is 16.6. The Morgan fingerprint density at radius 2 is 1.74 bits per heavy atom. The van der Waals surface area contributed by atoms with Crippen molar-refractivity contribution in [3.05, 3.63) is 48.0 Å². The largest absolute Gasteiger partial charge is 0.497 e. The SMILES string of the molecule is CCNC(=O)C(C)N(Cc1ccc(OC)cc1)C(=O)CN(c1ccc2c(c1)OCCO2)S(C)(=O)=O. The van der Waals surface area contributed by atoms with Crippen molar-refractivity contribution in [3.63, 3.8) is 0 Å². The van der Waals surface area contributed by atoms with Gasteiger partial charge in [-0.15, -0.1) is 0 Å². The predicted octanol–water partition coefficient (Wildman–Crippen LogP) is 1.79. The van der Waals surface area contributed by atoms with Gasteiger partial charge in [0.05, 0.1) is 19.1 Å². The van der Waals surface area contributed by atoms with Crippen molar-refractivity contribution in [3.8, 4) is 17.2 Å². The molecule has 0 bridgehead atoms. The summed E-state index contributed by atoms with van der Waals surface area (Å²) >= 11 is 0. The number of likely N-dealkylation sites (N-methyl/N-ethyl adjacent to an activating group) is 1. The summed E-state index contributed by atoms with van der Waals surface area (Å²) in [5.74, 6) is 0.705. The van der Waals surface area contributed by atoms with Gasteiger partial charge in [0.15, 0.2) is 11.5 Å². The van der Waals surface area contributed by atoms with Crippen LogP contribution >= 0.6 is 0 Å². The lowest BCUT2D eigenvalue weighted by atomic mass is 10.1. The van der Waals surface area contributed by atoms with Crippen molar-refractivity contribution in [2.75, 3.05) is 44.0 Å². The second-order valence-corrected chi connectivity index (χ2v) is 9.94. The number of hydrogen-bond acceptors (Lipinski definition) is 7. The Morgan fingerprint density at radius 3 is 2.34 bits per heavy atom. The van der Waals surface area contributed by atoms with Crippen LogP contribution < -0.4 is 23.8 Å². The number of amides is 2. The fourth-order valence-corrected chi connectivity index (χ4v) is 4.47. The van der Waals surface area contributed by atoms with Crippen molar-refractivity contribution < 1.29 is 32.2 Å². The fraction of sp³-hybridized carbons (Fsp3) is 0.417. The molecular weight excluding hydrogens is 474 g/mol.